The summed E-state index contributed by atoms with van der Waals surface area (Å²) in [6, 6.07) is 15.6. The number of hydrogen-bond donors (Lipinski definition) is 1. The molecule has 166 valence electrons. The summed E-state index contributed by atoms with van der Waals surface area (Å²) >= 11 is 0. The molecule has 1 aromatic heterocycles. The fraction of sp³-hybridized carbons (Fsp3) is 0.360. The number of nitrogens with zero attached hydrogens (tertiary/aromatic N) is 2. The number of ether oxygens (including phenoxy) is 2. The van der Waals surface area contributed by atoms with Crippen molar-refractivity contribution in [2.75, 3.05) is 31.2 Å². The maximum atomic E-state index is 13.2. The van der Waals surface area contributed by atoms with E-state index in [9.17, 15) is 9.59 Å². The highest BCUT2D eigenvalue weighted by Crippen LogP contribution is 2.33. The number of anilines is 1. The molecule has 2 aliphatic rings. The van der Waals surface area contributed by atoms with Crippen molar-refractivity contribution in [2.45, 2.75) is 31.9 Å². The van der Waals surface area contributed by atoms with Crippen LogP contribution in [0.1, 0.15) is 18.9 Å². The van der Waals surface area contributed by atoms with E-state index < -0.39 is 6.10 Å². The molecule has 2 amide bonds. The number of carbonyl (C=O) groups excluding carboxylic acids is 2. The minimum Gasteiger partial charge on any atom is -0.479 e. The quantitative estimate of drug-likeness (QED) is 0.671. The molecule has 1 saturated heterocycles. The number of rotatable bonds is 5. The second-order valence-corrected chi connectivity index (χ2v) is 8.35. The highest BCUT2D eigenvalue weighted by molar-refractivity contribution is 6.00. The van der Waals surface area contributed by atoms with Crippen LogP contribution in [0.5, 0.6) is 5.75 Å². The molecule has 0 bridgehead atoms. The lowest BCUT2D eigenvalue weighted by Crippen LogP contribution is -2.51. The van der Waals surface area contributed by atoms with Crippen molar-refractivity contribution in [1.82, 2.24) is 9.88 Å². The zero-order chi connectivity index (χ0) is 22.1. The number of benzene rings is 2. The van der Waals surface area contributed by atoms with Gasteiger partial charge in [0.2, 0.25) is 5.91 Å². The summed E-state index contributed by atoms with van der Waals surface area (Å²) < 4.78 is 11.4. The lowest BCUT2D eigenvalue weighted by molar-refractivity contribution is -0.139. The van der Waals surface area contributed by atoms with Crippen LogP contribution in [-0.4, -0.2) is 60.1 Å². The maximum absolute atomic E-state index is 13.2. The number of carbonyl (C=O) groups is 2. The van der Waals surface area contributed by atoms with E-state index in [1.807, 2.05) is 47.5 Å². The van der Waals surface area contributed by atoms with Crippen LogP contribution in [0.25, 0.3) is 10.9 Å². The van der Waals surface area contributed by atoms with E-state index in [0.717, 1.165) is 17.6 Å². The highest BCUT2D eigenvalue weighted by Gasteiger charge is 2.33. The van der Waals surface area contributed by atoms with E-state index >= 15 is 0 Å². The van der Waals surface area contributed by atoms with Crippen molar-refractivity contribution in [3.8, 4) is 5.75 Å². The van der Waals surface area contributed by atoms with E-state index in [-0.39, 0.29) is 24.3 Å². The largest absolute Gasteiger partial charge is 0.479 e. The predicted octanol–water partition coefficient (Wildman–Crippen LogP) is 3.14. The van der Waals surface area contributed by atoms with Gasteiger partial charge in [0.15, 0.2) is 6.10 Å². The molecule has 1 N–H and O–H groups in total. The molecule has 32 heavy (non-hydrogen) atoms. The van der Waals surface area contributed by atoms with Crippen molar-refractivity contribution in [2.24, 2.45) is 0 Å². The summed E-state index contributed by atoms with van der Waals surface area (Å²) in [5, 5.41) is 1.18. The average Bonchev–Trinajstić information content (AvgIpc) is 3.22. The zero-order valence-corrected chi connectivity index (χ0v) is 18.1. The van der Waals surface area contributed by atoms with Crippen molar-refractivity contribution >= 4 is 28.4 Å². The lowest BCUT2D eigenvalue weighted by Gasteiger charge is -2.37. The number of morpholine rings is 1. The summed E-state index contributed by atoms with van der Waals surface area (Å²) in [5.74, 6) is 0.604. The van der Waals surface area contributed by atoms with Gasteiger partial charge in [-0.25, -0.2) is 0 Å². The fourth-order valence-electron chi connectivity index (χ4n) is 4.65. The number of hydrogen-bond acceptors (Lipinski definition) is 4. The van der Waals surface area contributed by atoms with Gasteiger partial charge in [-0.05, 0) is 37.1 Å². The molecule has 2 aromatic carbocycles. The van der Waals surface area contributed by atoms with Crippen LogP contribution >= 0.6 is 0 Å². The Hall–Kier alpha value is -3.32. The minimum atomic E-state index is -0.557. The average molecular weight is 434 g/mol. The molecule has 7 heteroatoms. The standard InChI is InChI=1S/C25H27N3O4/c1-17-25(30)28(22-8-4-5-9-23(22)32-17)11-10-24(29)27-12-13-31-16-19(27)14-18-15-26-21-7-3-2-6-20(18)21/h2-9,15,17,19,26H,10-14,16H2,1H3/t17-,19-/m1/s1. The molecule has 1 fully saturated rings. The van der Waals surface area contributed by atoms with Crippen molar-refractivity contribution < 1.29 is 19.1 Å². The zero-order valence-electron chi connectivity index (χ0n) is 18.1. The number of aromatic nitrogens is 1. The molecule has 0 saturated carbocycles. The molecule has 0 unspecified atom stereocenters. The Bertz CT molecular complexity index is 1140. The van der Waals surface area contributed by atoms with Gasteiger partial charge in [0.1, 0.15) is 5.75 Å². The van der Waals surface area contributed by atoms with Gasteiger partial charge in [0.05, 0.1) is 24.9 Å². The fourth-order valence-corrected chi connectivity index (χ4v) is 4.65. The van der Waals surface area contributed by atoms with E-state index in [1.165, 1.54) is 10.9 Å². The van der Waals surface area contributed by atoms with Crippen LogP contribution < -0.4 is 9.64 Å². The first kappa shape index (κ1) is 20.6. The van der Waals surface area contributed by atoms with Gasteiger partial charge >= 0.3 is 0 Å². The first-order valence-corrected chi connectivity index (χ1v) is 11.1. The van der Waals surface area contributed by atoms with Crippen LogP contribution in [0.4, 0.5) is 5.69 Å². The second kappa shape index (κ2) is 8.67. The molecular formula is C25H27N3O4. The molecule has 3 aromatic rings. The topological polar surface area (TPSA) is 74.9 Å². The summed E-state index contributed by atoms with van der Waals surface area (Å²) in [6.07, 6.45) is 2.45. The Kier molecular flexibility index (Phi) is 5.57. The van der Waals surface area contributed by atoms with Gasteiger partial charge in [0.25, 0.3) is 5.91 Å². The Morgan fingerprint density at radius 2 is 1.97 bits per heavy atom. The first-order chi connectivity index (χ1) is 15.6. The lowest BCUT2D eigenvalue weighted by atomic mass is 10.0. The van der Waals surface area contributed by atoms with Crippen molar-refractivity contribution in [1.29, 1.82) is 0 Å². The SMILES string of the molecule is C[C@H]1Oc2ccccc2N(CCC(=O)N2CCOC[C@H]2Cc2c[nH]c3ccccc23)C1=O. The number of nitrogens with one attached hydrogen (secondary N) is 1. The molecule has 0 aliphatic carbocycles. The Labute approximate surface area is 186 Å². The van der Waals surface area contributed by atoms with Crippen molar-refractivity contribution in [3.05, 3.63) is 60.3 Å². The third kappa shape index (κ3) is 3.84. The van der Waals surface area contributed by atoms with Gasteiger partial charge in [0, 0.05) is 36.6 Å². The highest BCUT2D eigenvalue weighted by atomic mass is 16.5. The van der Waals surface area contributed by atoms with E-state index in [2.05, 4.69) is 17.1 Å². The molecule has 0 radical (unpaired) electrons. The maximum Gasteiger partial charge on any atom is 0.267 e. The second-order valence-electron chi connectivity index (χ2n) is 8.35. The number of para-hydroxylation sites is 3. The summed E-state index contributed by atoms with van der Waals surface area (Å²) in [6.45, 7) is 3.69. The van der Waals surface area contributed by atoms with Gasteiger partial charge in [-0.3, -0.25) is 9.59 Å². The molecule has 2 aliphatic heterocycles. The summed E-state index contributed by atoms with van der Waals surface area (Å²) in [4.78, 5) is 32.9. The number of H-pyrrole nitrogens is 1. The van der Waals surface area contributed by atoms with Gasteiger partial charge in [-0.1, -0.05) is 30.3 Å². The smallest absolute Gasteiger partial charge is 0.267 e. The first-order valence-electron chi connectivity index (χ1n) is 11.1. The molecule has 3 heterocycles. The Balaban J connectivity index is 1.29. The Morgan fingerprint density at radius 1 is 1.16 bits per heavy atom. The van der Waals surface area contributed by atoms with E-state index in [0.29, 0.717) is 32.1 Å². The third-order valence-corrected chi connectivity index (χ3v) is 6.30. The molecule has 0 spiro atoms. The number of fused-ring (bicyclic) bond motifs is 2. The number of amides is 2. The van der Waals surface area contributed by atoms with E-state index in [1.54, 1.807) is 11.8 Å². The Morgan fingerprint density at radius 3 is 2.88 bits per heavy atom. The van der Waals surface area contributed by atoms with Gasteiger partial charge < -0.3 is 24.3 Å². The van der Waals surface area contributed by atoms with Crippen molar-refractivity contribution in [3.63, 3.8) is 0 Å². The molecule has 2 atom stereocenters. The summed E-state index contributed by atoms with van der Waals surface area (Å²) in [7, 11) is 0. The molecule has 7 nitrogen and oxygen atoms in total. The van der Waals surface area contributed by atoms with Crippen LogP contribution in [-0.2, 0) is 20.7 Å². The van der Waals surface area contributed by atoms with Crippen LogP contribution in [0.3, 0.4) is 0 Å². The minimum absolute atomic E-state index is 0.0259. The van der Waals surface area contributed by atoms with Crippen LogP contribution in [0.2, 0.25) is 0 Å². The predicted molar refractivity (Wildman–Crippen MR) is 122 cm³/mol. The van der Waals surface area contributed by atoms with E-state index in [4.69, 9.17) is 9.47 Å². The molecular weight excluding hydrogens is 406 g/mol. The number of aromatic amines is 1. The molecule has 5 rings (SSSR count). The van der Waals surface area contributed by atoms with Gasteiger partial charge in [-0.15, -0.1) is 0 Å². The van der Waals surface area contributed by atoms with Crippen LogP contribution in [0.15, 0.2) is 54.7 Å². The van der Waals surface area contributed by atoms with Gasteiger partial charge in [-0.2, -0.15) is 0 Å². The monoisotopic (exact) mass is 433 g/mol. The van der Waals surface area contributed by atoms with Crippen LogP contribution in [0, 0.1) is 0 Å². The summed E-state index contributed by atoms with van der Waals surface area (Å²) in [5.41, 5.74) is 3.00. The third-order valence-electron chi connectivity index (χ3n) is 6.30. The normalized spacial score (nSPS) is 20.8.